The molecule has 3 N–H and O–H groups in total. The van der Waals surface area contributed by atoms with Crippen LogP contribution in [0.25, 0.3) is 0 Å². The van der Waals surface area contributed by atoms with E-state index < -0.39 is 5.41 Å². The van der Waals surface area contributed by atoms with E-state index in [1.54, 1.807) is 7.05 Å². The second kappa shape index (κ2) is 5.88. The van der Waals surface area contributed by atoms with Gasteiger partial charge >= 0.3 is 0 Å². The number of carbonyl (C=O) groups is 1. The molecule has 1 aromatic carbocycles. The van der Waals surface area contributed by atoms with Crippen molar-refractivity contribution in [3.8, 4) is 0 Å². The lowest BCUT2D eigenvalue weighted by Crippen LogP contribution is -2.55. The normalized spacial score (nSPS) is 16.1. The maximum atomic E-state index is 12.4. The Morgan fingerprint density at radius 3 is 2.63 bits per heavy atom. The lowest BCUT2D eigenvalue weighted by molar-refractivity contribution is -0.130. The predicted molar refractivity (Wildman–Crippen MR) is 82.6 cm³/mol. The maximum absolute atomic E-state index is 12.4. The molecule has 6 heteroatoms. The zero-order valence-corrected chi connectivity index (χ0v) is 13.0. The SMILES string of the molecule is CNC(=S)NNC(=O)C1(c2cccc(Br)c2)CCC1. The van der Waals surface area contributed by atoms with Gasteiger partial charge in [0.1, 0.15) is 0 Å². The number of nitrogens with one attached hydrogen (secondary N) is 3. The Bertz CT molecular complexity index is 502. The summed E-state index contributed by atoms with van der Waals surface area (Å²) in [6.45, 7) is 0. The van der Waals surface area contributed by atoms with E-state index in [0.29, 0.717) is 5.11 Å². The van der Waals surface area contributed by atoms with Crippen LogP contribution in [0.2, 0.25) is 0 Å². The minimum Gasteiger partial charge on any atom is -0.364 e. The summed E-state index contributed by atoms with van der Waals surface area (Å²) in [5, 5.41) is 3.15. The molecule has 1 fully saturated rings. The van der Waals surface area contributed by atoms with E-state index in [1.165, 1.54) is 0 Å². The molecule has 19 heavy (non-hydrogen) atoms. The zero-order chi connectivity index (χ0) is 13.9. The van der Waals surface area contributed by atoms with Gasteiger partial charge in [0.2, 0.25) is 5.91 Å². The first-order valence-electron chi connectivity index (χ1n) is 6.13. The third-order valence-corrected chi connectivity index (χ3v) is 4.34. The average Bonchev–Trinajstić information content (AvgIpc) is 2.34. The van der Waals surface area contributed by atoms with Crippen molar-refractivity contribution in [1.29, 1.82) is 0 Å². The number of hydrogen-bond donors (Lipinski definition) is 3. The van der Waals surface area contributed by atoms with Gasteiger partial charge in [0.15, 0.2) is 5.11 Å². The van der Waals surface area contributed by atoms with Crippen molar-refractivity contribution in [3.63, 3.8) is 0 Å². The van der Waals surface area contributed by atoms with Crippen LogP contribution in [0.4, 0.5) is 0 Å². The summed E-state index contributed by atoms with van der Waals surface area (Å²) in [5.41, 5.74) is 6.00. The first kappa shape index (κ1) is 14.3. The molecule has 0 atom stereocenters. The summed E-state index contributed by atoms with van der Waals surface area (Å²) in [7, 11) is 1.70. The molecule has 0 heterocycles. The minimum atomic E-state index is -0.430. The van der Waals surface area contributed by atoms with Crippen LogP contribution in [-0.4, -0.2) is 18.1 Å². The van der Waals surface area contributed by atoms with Crippen LogP contribution >= 0.6 is 28.1 Å². The van der Waals surface area contributed by atoms with Crippen molar-refractivity contribution < 1.29 is 4.79 Å². The highest BCUT2D eigenvalue weighted by molar-refractivity contribution is 9.10. The van der Waals surface area contributed by atoms with E-state index in [2.05, 4.69) is 32.1 Å². The van der Waals surface area contributed by atoms with Gasteiger partial charge in [0.25, 0.3) is 0 Å². The van der Waals surface area contributed by atoms with Gasteiger partial charge in [-0.15, -0.1) is 0 Å². The van der Waals surface area contributed by atoms with Gasteiger partial charge in [-0.3, -0.25) is 15.6 Å². The molecular formula is C13H16BrN3OS. The predicted octanol–water partition coefficient (Wildman–Crippen LogP) is 2.00. The Hall–Kier alpha value is -1.14. The smallest absolute Gasteiger partial charge is 0.249 e. The molecule has 4 nitrogen and oxygen atoms in total. The lowest BCUT2D eigenvalue weighted by Gasteiger charge is -2.40. The van der Waals surface area contributed by atoms with E-state index in [1.807, 2.05) is 24.3 Å². The van der Waals surface area contributed by atoms with Gasteiger partial charge < -0.3 is 5.32 Å². The molecule has 0 radical (unpaired) electrons. The van der Waals surface area contributed by atoms with Crippen molar-refractivity contribution in [2.45, 2.75) is 24.7 Å². The fraction of sp³-hybridized carbons (Fsp3) is 0.385. The number of amides is 1. The Morgan fingerprint density at radius 1 is 1.37 bits per heavy atom. The van der Waals surface area contributed by atoms with Crippen LogP contribution in [0, 0.1) is 0 Å². The third kappa shape index (κ3) is 2.90. The lowest BCUT2D eigenvalue weighted by atomic mass is 9.64. The fourth-order valence-corrected chi connectivity index (χ4v) is 2.71. The van der Waals surface area contributed by atoms with Crippen molar-refractivity contribution in [2.75, 3.05) is 7.05 Å². The van der Waals surface area contributed by atoms with Gasteiger partial charge in [-0.2, -0.15) is 0 Å². The van der Waals surface area contributed by atoms with Crippen LogP contribution in [0.5, 0.6) is 0 Å². The van der Waals surface area contributed by atoms with Crippen molar-refractivity contribution in [1.82, 2.24) is 16.2 Å². The molecular weight excluding hydrogens is 326 g/mol. The molecule has 0 bridgehead atoms. The molecule has 1 saturated carbocycles. The van der Waals surface area contributed by atoms with Crippen LogP contribution in [-0.2, 0) is 10.2 Å². The van der Waals surface area contributed by atoms with Crippen LogP contribution in [0.3, 0.4) is 0 Å². The largest absolute Gasteiger partial charge is 0.364 e. The zero-order valence-electron chi connectivity index (χ0n) is 10.6. The van der Waals surface area contributed by atoms with Gasteiger partial charge in [0, 0.05) is 11.5 Å². The van der Waals surface area contributed by atoms with Crippen molar-refractivity contribution in [3.05, 3.63) is 34.3 Å². The highest BCUT2D eigenvalue weighted by atomic mass is 79.9. The molecule has 1 amide bonds. The monoisotopic (exact) mass is 341 g/mol. The van der Waals surface area contributed by atoms with Gasteiger partial charge in [0.05, 0.1) is 5.41 Å². The molecule has 102 valence electrons. The molecule has 1 aliphatic carbocycles. The fourth-order valence-electron chi connectivity index (χ4n) is 2.26. The number of halogens is 1. The van der Waals surface area contributed by atoms with Crippen LogP contribution in [0.1, 0.15) is 24.8 Å². The second-order valence-electron chi connectivity index (χ2n) is 4.60. The number of hydrazine groups is 1. The molecule has 1 aliphatic rings. The summed E-state index contributed by atoms with van der Waals surface area (Å²) < 4.78 is 0.989. The summed E-state index contributed by atoms with van der Waals surface area (Å²) in [4.78, 5) is 12.4. The summed E-state index contributed by atoms with van der Waals surface area (Å²) in [5.74, 6) is -0.0329. The Labute approximate surface area is 126 Å². The summed E-state index contributed by atoms with van der Waals surface area (Å²) >= 11 is 8.40. The molecule has 0 aromatic heterocycles. The van der Waals surface area contributed by atoms with E-state index in [0.717, 1.165) is 29.3 Å². The number of rotatable bonds is 2. The number of thiocarbonyl (C=S) groups is 1. The maximum Gasteiger partial charge on any atom is 0.249 e. The topological polar surface area (TPSA) is 53.2 Å². The quantitative estimate of drug-likeness (QED) is 0.568. The van der Waals surface area contributed by atoms with Gasteiger partial charge in [-0.25, -0.2) is 0 Å². The van der Waals surface area contributed by atoms with Gasteiger partial charge in [-0.1, -0.05) is 34.5 Å². The highest BCUT2D eigenvalue weighted by Gasteiger charge is 2.45. The molecule has 0 aliphatic heterocycles. The highest BCUT2D eigenvalue weighted by Crippen LogP contribution is 2.44. The van der Waals surface area contributed by atoms with Crippen molar-refractivity contribution in [2.24, 2.45) is 0 Å². The molecule has 2 rings (SSSR count). The Balaban J connectivity index is 2.14. The molecule has 1 aromatic rings. The van der Waals surface area contributed by atoms with E-state index >= 15 is 0 Å². The van der Waals surface area contributed by atoms with Crippen molar-refractivity contribution >= 4 is 39.2 Å². The first-order chi connectivity index (χ1) is 9.08. The third-order valence-electron chi connectivity index (χ3n) is 3.54. The molecule has 0 spiro atoms. The number of benzene rings is 1. The average molecular weight is 342 g/mol. The van der Waals surface area contributed by atoms with Crippen LogP contribution < -0.4 is 16.2 Å². The Morgan fingerprint density at radius 2 is 2.11 bits per heavy atom. The summed E-state index contributed by atoms with van der Waals surface area (Å²) in [6.07, 6.45) is 2.79. The van der Waals surface area contributed by atoms with Gasteiger partial charge in [-0.05, 0) is 42.8 Å². The Kier molecular flexibility index (Phi) is 4.42. The van der Waals surface area contributed by atoms with E-state index in [9.17, 15) is 4.79 Å². The standard InChI is InChI=1S/C13H16BrN3OS/c1-15-12(19)17-16-11(18)13(6-3-7-13)9-4-2-5-10(14)8-9/h2,4-5,8H,3,6-7H2,1H3,(H,16,18)(H2,15,17,19). The molecule has 0 saturated heterocycles. The van der Waals surface area contributed by atoms with E-state index in [4.69, 9.17) is 12.2 Å². The van der Waals surface area contributed by atoms with E-state index in [-0.39, 0.29) is 5.91 Å². The molecule has 0 unspecified atom stereocenters. The summed E-state index contributed by atoms with van der Waals surface area (Å²) in [6, 6.07) is 7.93. The second-order valence-corrected chi connectivity index (χ2v) is 5.93. The minimum absolute atomic E-state index is 0.0329. The number of hydrogen-bond acceptors (Lipinski definition) is 2. The number of carbonyl (C=O) groups excluding carboxylic acids is 1. The van der Waals surface area contributed by atoms with Crippen LogP contribution in [0.15, 0.2) is 28.7 Å². The first-order valence-corrected chi connectivity index (χ1v) is 7.33.